The van der Waals surface area contributed by atoms with Gasteiger partial charge in [0.15, 0.2) is 5.70 Å². The van der Waals surface area contributed by atoms with Crippen molar-refractivity contribution in [2.45, 2.75) is 6.23 Å². The molecule has 2 aromatic rings. The van der Waals surface area contributed by atoms with Gasteiger partial charge in [-0.05, 0) is 24.3 Å². The first-order valence-corrected chi connectivity index (χ1v) is 8.07. The number of fused-ring (bicyclic) bond motifs is 6. The molecular weight excluding hydrogens is 325 g/mol. The van der Waals surface area contributed by atoms with Crippen molar-refractivity contribution in [1.29, 1.82) is 0 Å². The fraction of sp³-hybridized carbons (Fsp3) is 0.0556. The highest BCUT2D eigenvalue weighted by molar-refractivity contribution is 6.52. The number of rotatable bonds is 0. The monoisotopic (exact) mass is 336 g/mol. The normalized spacial score (nSPS) is 23.9. The molecule has 1 aromatic carbocycles. The van der Waals surface area contributed by atoms with Crippen molar-refractivity contribution in [2.24, 2.45) is 0 Å². The molecule has 0 spiro atoms. The number of para-hydroxylation sites is 1. The average Bonchev–Trinajstić information content (AvgIpc) is 3.28. The molecule has 0 saturated heterocycles. The molecule has 25 heavy (non-hydrogen) atoms. The van der Waals surface area contributed by atoms with E-state index in [0.717, 1.165) is 15.8 Å². The summed E-state index contributed by atoms with van der Waals surface area (Å²) in [4.78, 5) is 0. The molecule has 0 amide bonds. The third-order valence-electron chi connectivity index (χ3n) is 5.04. The number of benzene rings is 1. The Hall–Kier alpha value is -3.09. The van der Waals surface area contributed by atoms with Crippen molar-refractivity contribution in [3.8, 4) is 5.75 Å². The van der Waals surface area contributed by atoms with Gasteiger partial charge in [0.05, 0.1) is 28.2 Å². The van der Waals surface area contributed by atoms with E-state index in [2.05, 4.69) is 0 Å². The van der Waals surface area contributed by atoms with Crippen LogP contribution in [0.15, 0.2) is 66.0 Å². The first-order valence-electron chi connectivity index (χ1n) is 8.07. The van der Waals surface area contributed by atoms with Gasteiger partial charge in [0.2, 0.25) is 6.23 Å². The lowest BCUT2D eigenvalue weighted by Crippen LogP contribution is -2.40. The molecule has 0 unspecified atom stereocenters. The van der Waals surface area contributed by atoms with Gasteiger partial charge in [0.25, 0.3) is 0 Å². The van der Waals surface area contributed by atoms with E-state index in [-0.39, 0.29) is 5.76 Å². The number of hydrogen-bond donors (Lipinski definition) is 0. The first-order chi connectivity index (χ1) is 12.1. The van der Waals surface area contributed by atoms with Crippen LogP contribution in [0.2, 0.25) is 0 Å². The van der Waals surface area contributed by atoms with Gasteiger partial charge in [0, 0.05) is 18.3 Å². The van der Waals surface area contributed by atoms with E-state index in [0.29, 0.717) is 22.6 Å². The molecular formula is C18H11BF2N2O2. The van der Waals surface area contributed by atoms with Gasteiger partial charge in [-0.25, -0.2) is 0 Å². The SMILES string of the molecule is F[B-]1(F)OC2=C3C(=C4C=CC=[N+]41)c1cccn1[C@H]3Oc1ccccc12. The molecule has 1 aromatic heterocycles. The predicted octanol–water partition coefficient (Wildman–Crippen LogP) is 3.57. The van der Waals surface area contributed by atoms with Gasteiger partial charge in [-0.3, -0.25) is 0 Å². The van der Waals surface area contributed by atoms with Crippen molar-refractivity contribution < 1.29 is 22.5 Å². The largest absolute Gasteiger partial charge is 0.834 e. The highest BCUT2D eigenvalue weighted by Crippen LogP contribution is 2.54. The summed E-state index contributed by atoms with van der Waals surface area (Å²) in [5.74, 6) is 0.754. The number of nitrogens with zero attached hydrogens (tertiary/aromatic N) is 2. The minimum atomic E-state index is -4.23. The minimum absolute atomic E-state index is 0.208. The highest BCUT2D eigenvalue weighted by Gasteiger charge is 2.56. The molecule has 4 nitrogen and oxygen atoms in total. The van der Waals surface area contributed by atoms with E-state index < -0.39 is 13.3 Å². The van der Waals surface area contributed by atoms with Gasteiger partial charge in [-0.2, -0.15) is 0 Å². The summed E-state index contributed by atoms with van der Waals surface area (Å²) in [5.41, 5.74) is 3.25. The topological polar surface area (TPSA) is 26.4 Å². The molecule has 5 heterocycles. The Kier molecular flexibility index (Phi) is 2.18. The second-order valence-corrected chi connectivity index (χ2v) is 6.36. The summed E-state index contributed by atoms with van der Waals surface area (Å²) in [7, 11) is -4.23. The fourth-order valence-corrected chi connectivity index (χ4v) is 4.04. The van der Waals surface area contributed by atoms with Crippen LogP contribution in [0.25, 0.3) is 11.3 Å². The summed E-state index contributed by atoms with van der Waals surface area (Å²) < 4.78 is 44.2. The van der Waals surface area contributed by atoms with Crippen molar-refractivity contribution in [3.63, 3.8) is 0 Å². The molecule has 122 valence electrons. The number of ether oxygens (including phenoxy) is 1. The summed E-state index contributed by atoms with van der Waals surface area (Å²) in [6.45, 7) is 0. The molecule has 0 saturated carbocycles. The summed E-state index contributed by atoms with van der Waals surface area (Å²) in [5, 5.41) is 0. The Balaban J connectivity index is 1.77. The molecule has 0 N–H and O–H groups in total. The van der Waals surface area contributed by atoms with E-state index >= 15 is 0 Å². The van der Waals surface area contributed by atoms with Gasteiger partial charge in [-0.15, -0.1) is 0 Å². The first kappa shape index (κ1) is 13.2. The maximum atomic E-state index is 14.9. The minimum Gasteiger partial charge on any atom is -0.599 e. The van der Waals surface area contributed by atoms with E-state index in [4.69, 9.17) is 9.39 Å². The van der Waals surface area contributed by atoms with Crippen LogP contribution in [0.4, 0.5) is 8.63 Å². The lowest BCUT2D eigenvalue weighted by molar-refractivity contribution is -0.370. The van der Waals surface area contributed by atoms with Crippen LogP contribution in [0, 0.1) is 0 Å². The fourth-order valence-electron chi connectivity index (χ4n) is 4.04. The van der Waals surface area contributed by atoms with E-state index in [1.807, 2.05) is 29.0 Å². The van der Waals surface area contributed by atoms with Crippen molar-refractivity contribution in [3.05, 3.63) is 77.3 Å². The zero-order valence-corrected chi connectivity index (χ0v) is 12.9. The Morgan fingerprint density at radius 2 is 2.00 bits per heavy atom. The zero-order valence-electron chi connectivity index (χ0n) is 12.9. The van der Waals surface area contributed by atoms with Gasteiger partial charge < -0.3 is 27.1 Å². The van der Waals surface area contributed by atoms with Crippen LogP contribution < -0.4 is 4.74 Å². The highest BCUT2D eigenvalue weighted by atomic mass is 19.3. The Bertz CT molecular complexity index is 1090. The van der Waals surface area contributed by atoms with Crippen LogP contribution in [-0.2, 0) is 4.65 Å². The number of allylic oxidation sites excluding steroid dienone is 2. The van der Waals surface area contributed by atoms with Crippen molar-refractivity contribution in [2.75, 3.05) is 0 Å². The Morgan fingerprint density at radius 1 is 1.12 bits per heavy atom. The molecule has 7 heteroatoms. The molecule has 6 rings (SSSR count). The van der Waals surface area contributed by atoms with Crippen molar-refractivity contribution in [1.82, 2.24) is 4.57 Å². The zero-order chi connectivity index (χ0) is 16.8. The van der Waals surface area contributed by atoms with Gasteiger partial charge in [-0.1, -0.05) is 12.1 Å². The predicted molar refractivity (Wildman–Crippen MR) is 88.9 cm³/mol. The number of hydrogen-bond acceptors (Lipinski definition) is 2. The molecule has 0 radical (unpaired) electrons. The Labute approximate surface area is 141 Å². The van der Waals surface area contributed by atoms with Crippen LogP contribution in [0.1, 0.15) is 17.5 Å². The Morgan fingerprint density at radius 3 is 2.92 bits per heavy atom. The third-order valence-corrected chi connectivity index (χ3v) is 5.04. The molecule has 4 aliphatic heterocycles. The second-order valence-electron chi connectivity index (χ2n) is 6.36. The van der Waals surface area contributed by atoms with Crippen LogP contribution in [0.5, 0.6) is 5.75 Å². The second kappa shape index (κ2) is 4.11. The van der Waals surface area contributed by atoms with E-state index in [1.54, 1.807) is 30.4 Å². The lowest BCUT2D eigenvalue weighted by Gasteiger charge is -2.30. The summed E-state index contributed by atoms with van der Waals surface area (Å²) in [6, 6.07) is 11.0. The summed E-state index contributed by atoms with van der Waals surface area (Å²) >= 11 is 0. The smallest absolute Gasteiger partial charge is 0.599 e. The third kappa shape index (κ3) is 1.49. The summed E-state index contributed by atoms with van der Waals surface area (Å²) in [6.07, 6.45) is 6.08. The van der Waals surface area contributed by atoms with Gasteiger partial charge in [0.1, 0.15) is 12.0 Å². The molecule has 4 aliphatic rings. The maximum Gasteiger partial charge on any atom is 0.834 e. The van der Waals surface area contributed by atoms with Crippen LogP contribution in [0.3, 0.4) is 0 Å². The molecule has 0 fully saturated rings. The molecule has 0 bridgehead atoms. The van der Waals surface area contributed by atoms with E-state index in [1.165, 1.54) is 6.21 Å². The van der Waals surface area contributed by atoms with Crippen molar-refractivity contribution >= 4 is 24.6 Å². The maximum absolute atomic E-state index is 14.9. The number of aromatic nitrogens is 1. The van der Waals surface area contributed by atoms with Crippen LogP contribution in [-0.4, -0.2) is 22.3 Å². The average molecular weight is 336 g/mol. The molecule has 1 atom stereocenters. The standard InChI is InChI=1S/C18H11BF2N2O2/c20-19(21)23-10-4-7-13(23)15-12-6-3-9-22(12)18-16(15)17(25-19)11-5-1-2-8-14(11)24-18/h1-10,18H/t18-/m0/s1. The quantitative estimate of drug-likeness (QED) is 0.688. The molecule has 0 aliphatic carbocycles. The lowest BCUT2D eigenvalue weighted by atomic mass is 9.96. The van der Waals surface area contributed by atoms with Gasteiger partial charge >= 0.3 is 7.04 Å². The van der Waals surface area contributed by atoms with Crippen LogP contribution >= 0.6 is 0 Å². The number of halogens is 2. The van der Waals surface area contributed by atoms with E-state index in [9.17, 15) is 8.63 Å².